The molecule has 2 heterocycles. The van der Waals surface area contributed by atoms with E-state index in [9.17, 15) is 14.4 Å². The number of carbonyl (C=O) groups is 3. The second kappa shape index (κ2) is 10.2. The summed E-state index contributed by atoms with van der Waals surface area (Å²) < 4.78 is 11.0. The Labute approximate surface area is 212 Å². The van der Waals surface area contributed by atoms with E-state index >= 15 is 0 Å². The molecule has 1 saturated heterocycles. The lowest BCUT2D eigenvalue weighted by Crippen LogP contribution is -2.56. The molecule has 0 spiro atoms. The van der Waals surface area contributed by atoms with Gasteiger partial charge in [0.05, 0.1) is 19.3 Å². The van der Waals surface area contributed by atoms with Crippen molar-refractivity contribution in [2.75, 3.05) is 19.0 Å². The summed E-state index contributed by atoms with van der Waals surface area (Å²) >= 11 is 0. The lowest BCUT2D eigenvalue weighted by Gasteiger charge is -2.39. The van der Waals surface area contributed by atoms with Crippen LogP contribution in [0, 0.1) is 6.92 Å². The Morgan fingerprint density at radius 1 is 1.00 bits per heavy atom. The maximum atomic E-state index is 13.9. The number of nitrogens with one attached hydrogen (secondary N) is 1. The monoisotopic (exact) mass is 493 g/mol. The van der Waals surface area contributed by atoms with Gasteiger partial charge in [-0.2, -0.15) is 0 Å². The topological polar surface area (TPSA) is 88.2 Å². The van der Waals surface area contributed by atoms with Gasteiger partial charge in [0.15, 0.2) is 0 Å². The normalized spacial score (nSPS) is 19.5. The minimum atomic E-state index is -0.739. The van der Waals surface area contributed by atoms with Crippen LogP contribution in [0.15, 0.2) is 42.5 Å². The van der Waals surface area contributed by atoms with Gasteiger partial charge in [-0.15, -0.1) is 0 Å². The first-order valence-electron chi connectivity index (χ1n) is 12.4. The van der Waals surface area contributed by atoms with Gasteiger partial charge in [-0.3, -0.25) is 14.5 Å². The third-order valence-electron chi connectivity index (χ3n) is 6.61. The highest BCUT2D eigenvalue weighted by Gasteiger charge is 2.43. The van der Waals surface area contributed by atoms with Crippen LogP contribution >= 0.6 is 0 Å². The lowest BCUT2D eigenvalue weighted by atomic mass is 9.93. The molecule has 0 saturated carbocycles. The van der Waals surface area contributed by atoms with Crippen molar-refractivity contribution in [1.82, 2.24) is 9.80 Å². The summed E-state index contributed by atoms with van der Waals surface area (Å²) in [6.45, 7) is 8.10. The van der Waals surface area contributed by atoms with Gasteiger partial charge < -0.3 is 19.7 Å². The molecule has 2 aromatic rings. The quantitative estimate of drug-likeness (QED) is 0.686. The fourth-order valence-corrected chi connectivity index (χ4v) is 4.89. The molecule has 0 aliphatic carbocycles. The summed E-state index contributed by atoms with van der Waals surface area (Å²) in [6, 6.07) is 12.0. The fourth-order valence-electron chi connectivity index (χ4n) is 4.89. The highest BCUT2D eigenvalue weighted by Crippen LogP contribution is 2.30. The molecular weight excluding hydrogens is 458 g/mol. The maximum absolute atomic E-state index is 13.9. The van der Waals surface area contributed by atoms with E-state index in [0.29, 0.717) is 37.2 Å². The van der Waals surface area contributed by atoms with Crippen LogP contribution in [0.25, 0.3) is 0 Å². The van der Waals surface area contributed by atoms with Crippen molar-refractivity contribution in [1.29, 1.82) is 0 Å². The minimum absolute atomic E-state index is 0.232. The predicted octanol–water partition coefficient (Wildman–Crippen LogP) is 4.30. The first kappa shape index (κ1) is 25.5. The molecule has 8 nitrogen and oxygen atoms in total. The number of carbonyl (C=O) groups excluding carboxylic acids is 3. The Bertz CT molecular complexity index is 1160. The second-order valence-electron chi connectivity index (χ2n) is 10.5. The first-order valence-corrected chi connectivity index (χ1v) is 12.4. The van der Waals surface area contributed by atoms with E-state index in [1.807, 2.05) is 43.3 Å². The smallest absolute Gasteiger partial charge is 0.411 e. The van der Waals surface area contributed by atoms with E-state index in [1.54, 1.807) is 38.8 Å². The molecule has 0 radical (unpaired) electrons. The van der Waals surface area contributed by atoms with Crippen molar-refractivity contribution in [3.05, 3.63) is 59.2 Å². The summed E-state index contributed by atoms with van der Waals surface area (Å²) in [5, 5.41) is 2.95. The molecule has 3 amide bonds. The number of benzene rings is 2. The standard InChI is InChI=1S/C28H35N3O5/c1-18-12-13-24(35-5)21(15-18)29-25(32)22-11-8-14-30(22)26(33)23-16-19-9-6-7-10-20(19)17-31(23)27(34)36-28(2,3)4/h6-7,9-10,12-13,15,22-23H,8,11,14,16-17H2,1-5H3,(H,29,32). The van der Waals surface area contributed by atoms with Crippen molar-refractivity contribution in [3.63, 3.8) is 0 Å². The Hall–Kier alpha value is -3.55. The number of amides is 3. The molecule has 2 atom stereocenters. The Balaban J connectivity index is 1.57. The van der Waals surface area contributed by atoms with Crippen LogP contribution in [0.2, 0.25) is 0 Å². The average Bonchev–Trinajstić information content (AvgIpc) is 3.32. The molecule has 0 aromatic heterocycles. The fraction of sp³-hybridized carbons (Fsp3) is 0.464. The number of aryl methyl sites for hydroxylation is 1. The SMILES string of the molecule is COc1ccc(C)cc1NC(=O)C1CCCN1C(=O)C1Cc2ccccc2CN1C(=O)OC(C)(C)C. The highest BCUT2D eigenvalue weighted by atomic mass is 16.6. The molecule has 8 heteroatoms. The maximum Gasteiger partial charge on any atom is 0.411 e. The number of likely N-dealkylation sites (tertiary alicyclic amines) is 1. The average molecular weight is 494 g/mol. The number of ether oxygens (including phenoxy) is 2. The number of hydrogen-bond acceptors (Lipinski definition) is 5. The molecule has 36 heavy (non-hydrogen) atoms. The number of hydrogen-bond donors (Lipinski definition) is 1. The van der Waals surface area contributed by atoms with E-state index < -0.39 is 23.8 Å². The summed E-state index contributed by atoms with van der Waals surface area (Å²) in [5.41, 5.74) is 2.89. The number of rotatable bonds is 4. The van der Waals surface area contributed by atoms with E-state index in [4.69, 9.17) is 9.47 Å². The zero-order valence-electron chi connectivity index (χ0n) is 21.7. The van der Waals surface area contributed by atoms with Gasteiger partial charge in [0.2, 0.25) is 11.8 Å². The van der Waals surface area contributed by atoms with Crippen molar-refractivity contribution in [2.45, 2.75) is 71.2 Å². The molecule has 2 aliphatic heterocycles. The Morgan fingerprint density at radius 3 is 2.42 bits per heavy atom. The summed E-state index contributed by atoms with van der Waals surface area (Å²) in [4.78, 5) is 43.5. The minimum Gasteiger partial charge on any atom is -0.495 e. The first-order chi connectivity index (χ1) is 17.1. The third kappa shape index (κ3) is 5.48. The number of methoxy groups -OCH3 is 1. The van der Waals surface area contributed by atoms with Gasteiger partial charge in [-0.1, -0.05) is 30.3 Å². The summed E-state index contributed by atoms with van der Waals surface area (Å²) in [7, 11) is 1.55. The zero-order chi connectivity index (χ0) is 26.0. The van der Waals surface area contributed by atoms with Crippen molar-refractivity contribution in [2.24, 2.45) is 0 Å². The zero-order valence-corrected chi connectivity index (χ0v) is 21.7. The molecule has 2 unspecified atom stereocenters. The number of anilines is 1. The lowest BCUT2D eigenvalue weighted by molar-refractivity contribution is -0.141. The Morgan fingerprint density at radius 2 is 1.72 bits per heavy atom. The van der Waals surface area contributed by atoms with Crippen LogP contribution < -0.4 is 10.1 Å². The van der Waals surface area contributed by atoms with E-state index in [1.165, 1.54) is 4.90 Å². The largest absolute Gasteiger partial charge is 0.495 e. The molecule has 2 aromatic carbocycles. The van der Waals surface area contributed by atoms with E-state index in [-0.39, 0.29) is 18.4 Å². The van der Waals surface area contributed by atoms with Crippen LogP contribution in [-0.4, -0.2) is 59.0 Å². The van der Waals surface area contributed by atoms with Crippen LogP contribution in [0.5, 0.6) is 5.75 Å². The van der Waals surface area contributed by atoms with Gasteiger partial charge in [-0.25, -0.2) is 4.79 Å². The molecule has 1 N–H and O–H groups in total. The third-order valence-corrected chi connectivity index (χ3v) is 6.61. The highest BCUT2D eigenvalue weighted by molar-refractivity contribution is 5.99. The van der Waals surface area contributed by atoms with Crippen LogP contribution in [0.3, 0.4) is 0 Å². The van der Waals surface area contributed by atoms with E-state index in [2.05, 4.69) is 5.32 Å². The van der Waals surface area contributed by atoms with Gasteiger partial charge >= 0.3 is 6.09 Å². The van der Waals surface area contributed by atoms with Crippen molar-refractivity contribution >= 4 is 23.6 Å². The van der Waals surface area contributed by atoms with Gasteiger partial charge in [0.1, 0.15) is 23.4 Å². The van der Waals surface area contributed by atoms with Crippen LogP contribution in [0.1, 0.15) is 50.3 Å². The summed E-state index contributed by atoms with van der Waals surface area (Å²) in [6.07, 6.45) is 1.12. The van der Waals surface area contributed by atoms with Crippen molar-refractivity contribution < 1.29 is 23.9 Å². The molecule has 4 rings (SSSR count). The van der Waals surface area contributed by atoms with Crippen LogP contribution in [-0.2, 0) is 27.3 Å². The van der Waals surface area contributed by atoms with Gasteiger partial charge in [0, 0.05) is 13.0 Å². The predicted molar refractivity (Wildman–Crippen MR) is 137 cm³/mol. The Kier molecular flexibility index (Phi) is 7.24. The van der Waals surface area contributed by atoms with E-state index in [0.717, 1.165) is 16.7 Å². The molecule has 1 fully saturated rings. The molecule has 192 valence electrons. The van der Waals surface area contributed by atoms with Crippen LogP contribution in [0.4, 0.5) is 10.5 Å². The molecular formula is C28H35N3O5. The van der Waals surface area contributed by atoms with Gasteiger partial charge in [0.25, 0.3) is 0 Å². The second-order valence-corrected chi connectivity index (χ2v) is 10.5. The summed E-state index contributed by atoms with van der Waals surface area (Å²) in [5.74, 6) is 0.0683. The van der Waals surface area contributed by atoms with Gasteiger partial charge in [-0.05, 0) is 69.4 Å². The number of nitrogens with zero attached hydrogens (tertiary/aromatic N) is 2. The molecule has 0 bridgehead atoms. The number of fused-ring (bicyclic) bond motifs is 1. The molecule has 2 aliphatic rings. The van der Waals surface area contributed by atoms with Crippen molar-refractivity contribution in [3.8, 4) is 5.75 Å².